The summed E-state index contributed by atoms with van der Waals surface area (Å²) in [6.45, 7) is 1.46. The number of carboxylic acids is 1. The van der Waals surface area contributed by atoms with Crippen LogP contribution in [0.3, 0.4) is 0 Å². The molecule has 3 heterocycles. The molecule has 3 saturated heterocycles. The van der Waals surface area contributed by atoms with Gasteiger partial charge in [-0.05, 0) is 12.8 Å². The van der Waals surface area contributed by atoms with Crippen molar-refractivity contribution in [2.24, 2.45) is 0 Å². The molecule has 1 N–H and O–H groups in total. The summed E-state index contributed by atoms with van der Waals surface area (Å²) in [7, 11) is 0. The van der Waals surface area contributed by atoms with Crippen molar-refractivity contribution in [1.29, 1.82) is 0 Å². The third-order valence-electron chi connectivity index (χ3n) is 4.34. The van der Waals surface area contributed by atoms with Gasteiger partial charge in [-0.1, -0.05) is 0 Å². The molecule has 0 aromatic rings. The summed E-state index contributed by atoms with van der Waals surface area (Å²) in [5.74, 6) is 1.67. The Labute approximate surface area is 143 Å². The predicted octanol–water partition coefficient (Wildman–Crippen LogP) is 0.0955. The smallest absolute Gasteiger partial charge is 0.332 e. The molecule has 1 unspecified atom stereocenters. The highest BCUT2D eigenvalue weighted by atomic mass is 32.2. The third-order valence-corrected chi connectivity index (χ3v) is 6.30. The summed E-state index contributed by atoms with van der Waals surface area (Å²) < 4.78 is 5.34. The Balaban J connectivity index is 1.63. The van der Waals surface area contributed by atoms with Crippen LogP contribution in [0.15, 0.2) is 0 Å². The van der Waals surface area contributed by atoms with Gasteiger partial charge in [-0.25, -0.2) is 4.79 Å². The van der Waals surface area contributed by atoms with Crippen molar-refractivity contribution >= 4 is 41.3 Å². The number of nitrogens with zero attached hydrogens (tertiary/aromatic N) is 2. The predicted molar refractivity (Wildman–Crippen MR) is 87.4 cm³/mol. The van der Waals surface area contributed by atoms with E-state index in [1.807, 2.05) is 16.7 Å². The first-order chi connectivity index (χ1) is 11.1. The van der Waals surface area contributed by atoms with E-state index in [4.69, 9.17) is 9.84 Å². The lowest BCUT2D eigenvalue weighted by Crippen LogP contribution is -2.53. The maximum Gasteiger partial charge on any atom is 0.332 e. The number of amides is 2. The molecule has 7 nitrogen and oxygen atoms in total. The topological polar surface area (TPSA) is 87.2 Å². The number of hydrogen-bond donors (Lipinski definition) is 1. The van der Waals surface area contributed by atoms with Crippen molar-refractivity contribution in [3.8, 4) is 0 Å². The van der Waals surface area contributed by atoms with E-state index in [-0.39, 0.29) is 11.8 Å². The molecule has 23 heavy (non-hydrogen) atoms. The van der Waals surface area contributed by atoms with Gasteiger partial charge < -0.3 is 19.6 Å². The number of hydrogen-bond acceptors (Lipinski definition) is 6. The molecule has 3 aliphatic rings. The van der Waals surface area contributed by atoms with Crippen LogP contribution in [0.1, 0.15) is 12.8 Å². The van der Waals surface area contributed by atoms with Crippen LogP contribution in [-0.2, 0) is 19.1 Å². The molecular weight excluding hydrogens is 340 g/mol. The number of ether oxygens (including phenoxy) is 1. The zero-order chi connectivity index (χ0) is 16.4. The van der Waals surface area contributed by atoms with Crippen LogP contribution in [0.2, 0.25) is 0 Å². The van der Waals surface area contributed by atoms with Crippen LogP contribution in [0.4, 0.5) is 0 Å². The summed E-state index contributed by atoms with van der Waals surface area (Å²) in [6, 6.07) is -0.442. The van der Waals surface area contributed by atoms with Crippen LogP contribution in [0, 0.1) is 0 Å². The maximum atomic E-state index is 12.7. The molecule has 9 heteroatoms. The highest BCUT2D eigenvalue weighted by molar-refractivity contribution is 7.99. The molecule has 0 aromatic heterocycles. The summed E-state index contributed by atoms with van der Waals surface area (Å²) in [5.41, 5.74) is 0. The number of thioether (sulfide) groups is 2. The van der Waals surface area contributed by atoms with Gasteiger partial charge in [0.25, 0.3) is 5.91 Å². The average molecular weight is 360 g/mol. The zero-order valence-corrected chi connectivity index (χ0v) is 14.3. The molecule has 0 bridgehead atoms. The lowest BCUT2D eigenvalue weighted by Gasteiger charge is -2.32. The average Bonchev–Trinajstić information content (AvgIpc) is 3.23. The number of carbonyl (C=O) groups excluding carboxylic acids is 2. The lowest BCUT2D eigenvalue weighted by molar-refractivity contribution is -0.157. The minimum atomic E-state index is -1.03. The maximum absolute atomic E-state index is 12.7. The van der Waals surface area contributed by atoms with Gasteiger partial charge in [0.1, 0.15) is 12.1 Å². The van der Waals surface area contributed by atoms with Crippen molar-refractivity contribution in [2.45, 2.75) is 31.1 Å². The molecule has 3 rings (SSSR count). The first kappa shape index (κ1) is 16.9. The van der Waals surface area contributed by atoms with E-state index in [9.17, 15) is 14.4 Å². The number of carbonyl (C=O) groups is 3. The fourth-order valence-corrected chi connectivity index (χ4v) is 5.10. The van der Waals surface area contributed by atoms with Gasteiger partial charge in [0.05, 0.1) is 5.88 Å². The highest BCUT2D eigenvalue weighted by Gasteiger charge is 2.43. The van der Waals surface area contributed by atoms with Gasteiger partial charge in [-0.3, -0.25) is 9.59 Å². The Bertz CT molecular complexity index is 498. The van der Waals surface area contributed by atoms with Gasteiger partial charge in [0, 0.05) is 30.3 Å². The van der Waals surface area contributed by atoms with E-state index in [0.717, 1.165) is 24.6 Å². The van der Waals surface area contributed by atoms with Crippen molar-refractivity contribution in [1.82, 2.24) is 9.80 Å². The molecular formula is C14H20N2O5S2. The Hall–Kier alpha value is -0.930. The Morgan fingerprint density at radius 1 is 1.00 bits per heavy atom. The molecule has 3 fully saturated rings. The van der Waals surface area contributed by atoms with E-state index < -0.39 is 24.2 Å². The van der Waals surface area contributed by atoms with Crippen molar-refractivity contribution in [3.63, 3.8) is 0 Å². The SMILES string of the molecule is O=C(O)[C@H]1CC[C@@H](C(=O)N2CSCC2C(=O)N2CCSCC2)O1. The summed E-state index contributed by atoms with van der Waals surface area (Å²) >= 11 is 3.39. The minimum absolute atomic E-state index is 0.0106. The van der Waals surface area contributed by atoms with Gasteiger partial charge in [0.15, 0.2) is 6.10 Å². The van der Waals surface area contributed by atoms with E-state index in [1.165, 1.54) is 0 Å². The summed E-state index contributed by atoms with van der Waals surface area (Å²) in [4.78, 5) is 39.7. The second-order valence-corrected chi connectivity index (χ2v) is 8.01. The molecule has 0 spiro atoms. The van der Waals surface area contributed by atoms with Crippen molar-refractivity contribution < 1.29 is 24.2 Å². The number of aliphatic carboxylic acids is 1. The van der Waals surface area contributed by atoms with Crippen molar-refractivity contribution in [3.05, 3.63) is 0 Å². The Morgan fingerprint density at radius 3 is 2.35 bits per heavy atom. The fourth-order valence-electron chi connectivity index (χ4n) is 3.04. The van der Waals surface area contributed by atoms with Crippen LogP contribution < -0.4 is 0 Å². The first-order valence-electron chi connectivity index (χ1n) is 7.71. The highest BCUT2D eigenvalue weighted by Crippen LogP contribution is 2.28. The minimum Gasteiger partial charge on any atom is -0.479 e. The quantitative estimate of drug-likeness (QED) is 0.763. The molecule has 0 saturated carbocycles. The molecule has 0 aromatic carbocycles. The van der Waals surface area contributed by atoms with Gasteiger partial charge >= 0.3 is 5.97 Å². The third kappa shape index (κ3) is 3.61. The molecule has 3 aliphatic heterocycles. The lowest BCUT2D eigenvalue weighted by atomic mass is 10.1. The van der Waals surface area contributed by atoms with E-state index in [2.05, 4.69) is 0 Å². The molecule has 2 amide bonds. The molecule has 3 atom stereocenters. The normalized spacial score (nSPS) is 31.4. The van der Waals surface area contributed by atoms with E-state index >= 15 is 0 Å². The number of carboxylic acid groups (broad SMARTS) is 1. The summed E-state index contributed by atoms with van der Waals surface area (Å²) in [5, 5.41) is 8.97. The fraction of sp³-hybridized carbons (Fsp3) is 0.786. The standard InChI is InChI=1S/C14H20N2O5S2/c17-12(15-3-5-22-6-4-15)9-7-23-8-16(9)13(18)10-1-2-11(21-10)14(19)20/h9-11H,1-8H2,(H,19,20)/t9?,10-,11+/m0/s1. The Morgan fingerprint density at radius 2 is 1.70 bits per heavy atom. The number of rotatable bonds is 3. The van der Waals surface area contributed by atoms with Gasteiger partial charge in [-0.2, -0.15) is 11.8 Å². The first-order valence-corrected chi connectivity index (χ1v) is 10.0. The van der Waals surface area contributed by atoms with Crippen molar-refractivity contribution in [2.75, 3.05) is 36.2 Å². The second-order valence-electron chi connectivity index (χ2n) is 5.79. The van der Waals surface area contributed by atoms with Crippen LogP contribution >= 0.6 is 23.5 Å². The van der Waals surface area contributed by atoms with E-state index in [1.54, 1.807) is 16.7 Å². The van der Waals surface area contributed by atoms with Crippen LogP contribution in [0.25, 0.3) is 0 Å². The Kier molecular flexibility index (Phi) is 5.38. The molecule has 0 radical (unpaired) electrons. The molecule has 0 aliphatic carbocycles. The van der Waals surface area contributed by atoms with Crippen LogP contribution in [-0.4, -0.2) is 87.2 Å². The van der Waals surface area contributed by atoms with Crippen LogP contribution in [0.5, 0.6) is 0 Å². The molecule has 128 valence electrons. The van der Waals surface area contributed by atoms with Gasteiger partial charge in [0.2, 0.25) is 5.91 Å². The largest absolute Gasteiger partial charge is 0.479 e. The van der Waals surface area contributed by atoms with E-state index in [0.29, 0.717) is 24.5 Å². The summed E-state index contributed by atoms with van der Waals surface area (Å²) in [6.07, 6.45) is -0.901. The second kappa shape index (κ2) is 7.31. The zero-order valence-electron chi connectivity index (χ0n) is 12.7. The monoisotopic (exact) mass is 360 g/mol. The van der Waals surface area contributed by atoms with Gasteiger partial charge in [-0.15, -0.1) is 11.8 Å².